The van der Waals surface area contributed by atoms with Gasteiger partial charge in [-0.05, 0) is 24.1 Å². The molecule has 0 amide bonds. The van der Waals surface area contributed by atoms with Crippen LogP contribution in [-0.4, -0.2) is 17.3 Å². The predicted octanol–water partition coefficient (Wildman–Crippen LogP) is 3.56. The molecule has 0 aliphatic carbocycles. The third-order valence-electron chi connectivity index (χ3n) is 3.92. The van der Waals surface area contributed by atoms with E-state index in [1.807, 2.05) is 18.2 Å². The number of nitro benzene ring substituents is 1. The summed E-state index contributed by atoms with van der Waals surface area (Å²) in [5, 5.41) is 10.7. The van der Waals surface area contributed by atoms with Crippen LogP contribution in [0.1, 0.15) is 28.4 Å². The quantitative estimate of drug-likeness (QED) is 0.491. The lowest BCUT2D eigenvalue weighted by molar-refractivity contribution is -0.384. The van der Waals surface area contributed by atoms with Gasteiger partial charge >= 0.3 is 0 Å². The number of hydrogen-bond acceptors (Lipinski definition) is 4. The van der Waals surface area contributed by atoms with Gasteiger partial charge in [0.05, 0.1) is 16.9 Å². The molecule has 0 saturated carbocycles. The van der Waals surface area contributed by atoms with E-state index >= 15 is 0 Å². The summed E-state index contributed by atoms with van der Waals surface area (Å²) < 4.78 is 5.70. The molecular formula is C17H15NO4. The summed E-state index contributed by atoms with van der Waals surface area (Å²) in [6.07, 6.45) is 0.323. The number of nitro groups is 1. The van der Waals surface area contributed by atoms with Crippen LogP contribution in [0, 0.1) is 16.0 Å². The van der Waals surface area contributed by atoms with Gasteiger partial charge in [0, 0.05) is 24.3 Å². The maximum Gasteiger partial charge on any atom is 0.269 e. The van der Waals surface area contributed by atoms with E-state index < -0.39 is 4.92 Å². The molecule has 2 atom stereocenters. The third kappa shape index (κ3) is 2.76. The van der Waals surface area contributed by atoms with Crippen molar-refractivity contribution in [2.45, 2.75) is 12.5 Å². The van der Waals surface area contributed by atoms with Crippen LogP contribution in [0.25, 0.3) is 0 Å². The molecule has 0 spiro atoms. The van der Waals surface area contributed by atoms with Crippen LogP contribution in [-0.2, 0) is 4.74 Å². The van der Waals surface area contributed by atoms with Crippen LogP contribution >= 0.6 is 0 Å². The van der Waals surface area contributed by atoms with Crippen LogP contribution in [0.15, 0.2) is 54.6 Å². The lowest BCUT2D eigenvalue weighted by atomic mass is 9.88. The first-order valence-corrected chi connectivity index (χ1v) is 7.12. The molecule has 0 aromatic heterocycles. The predicted molar refractivity (Wildman–Crippen MR) is 80.7 cm³/mol. The molecule has 1 fully saturated rings. The van der Waals surface area contributed by atoms with Gasteiger partial charge in [0.2, 0.25) is 0 Å². The van der Waals surface area contributed by atoms with E-state index in [1.165, 1.54) is 12.1 Å². The van der Waals surface area contributed by atoms with Crippen LogP contribution in [0.3, 0.4) is 0 Å². The van der Waals surface area contributed by atoms with Gasteiger partial charge in [0.15, 0.2) is 5.78 Å². The highest BCUT2D eigenvalue weighted by Gasteiger charge is 2.35. The molecule has 0 N–H and O–H groups in total. The zero-order valence-electron chi connectivity index (χ0n) is 11.8. The lowest BCUT2D eigenvalue weighted by Gasteiger charge is -2.18. The molecule has 1 aliphatic rings. The van der Waals surface area contributed by atoms with E-state index in [9.17, 15) is 14.9 Å². The van der Waals surface area contributed by atoms with E-state index in [0.717, 1.165) is 5.56 Å². The summed E-state index contributed by atoms with van der Waals surface area (Å²) in [4.78, 5) is 22.9. The summed E-state index contributed by atoms with van der Waals surface area (Å²) in [5.41, 5.74) is 1.51. The summed E-state index contributed by atoms with van der Waals surface area (Å²) >= 11 is 0. The second kappa shape index (κ2) is 6.07. The zero-order chi connectivity index (χ0) is 15.5. The Hall–Kier alpha value is -2.53. The summed E-state index contributed by atoms with van der Waals surface area (Å²) in [7, 11) is 0. The van der Waals surface area contributed by atoms with Crippen molar-refractivity contribution < 1.29 is 14.5 Å². The molecule has 1 heterocycles. The number of carbonyl (C=O) groups is 1. The number of Topliss-reactive ketones (excluding diaryl/α,β-unsaturated/α-hetero) is 1. The van der Waals surface area contributed by atoms with Crippen LogP contribution in [0.2, 0.25) is 0 Å². The van der Waals surface area contributed by atoms with Crippen LogP contribution in [0.4, 0.5) is 5.69 Å². The number of hydrogen-bond donors (Lipinski definition) is 0. The van der Waals surface area contributed by atoms with Crippen molar-refractivity contribution in [2.24, 2.45) is 5.92 Å². The van der Waals surface area contributed by atoms with Gasteiger partial charge in [0.25, 0.3) is 5.69 Å². The number of carbonyl (C=O) groups excluding carboxylic acids is 1. The molecule has 2 aromatic rings. The monoisotopic (exact) mass is 297 g/mol. The molecule has 5 heteroatoms. The van der Waals surface area contributed by atoms with Gasteiger partial charge in [0.1, 0.15) is 0 Å². The normalized spacial score (nSPS) is 20.7. The fourth-order valence-corrected chi connectivity index (χ4v) is 2.79. The standard InChI is InChI=1S/C17H15NO4/c19-16(12-4-2-1-3-5-12)15-10-11-22-17(15)13-6-8-14(9-7-13)18(20)21/h1-9,15,17H,10-11H2/t15-,17+/m1/s1. The number of ether oxygens (including phenoxy) is 1. The first kappa shape index (κ1) is 14.4. The molecule has 0 radical (unpaired) electrons. The van der Waals surface area contributed by atoms with Gasteiger partial charge in [-0.15, -0.1) is 0 Å². The van der Waals surface area contributed by atoms with Crippen LogP contribution in [0.5, 0.6) is 0 Å². The fraction of sp³-hybridized carbons (Fsp3) is 0.235. The molecule has 1 aliphatic heterocycles. The maximum absolute atomic E-state index is 12.6. The van der Waals surface area contributed by atoms with E-state index in [1.54, 1.807) is 24.3 Å². The minimum Gasteiger partial charge on any atom is -0.373 e. The molecule has 2 aromatic carbocycles. The number of rotatable bonds is 4. The Morgan fingerprint density at radius 2 is 1.77 bits per heavy atom. The number of ketones is 1. The average Bonchev–Trinajstić information content (AvgIpc) is 3.04. The molecule has 3 rings (SSSR count). The number of benzene rings is 2. The highest BCUT2D eigenvalue weighted by Crippen LogP contribution is 2.37. The van der Waals surface area contributed by atoms with Crippen molar-refractivity contribution >= 4 is 11.5 Å². The summed E-state index contributed by atoms with van der Waals surface area (Å²) in [5.74, 6) is -0.190. The van der Waals surface area contributed by atoms with E-state index in [4.69, 9.17) is 4.74 Å². The molecule has 0 unspecified atom stereocenters. The Labute approximate surface area is 127 Å². The van der Waals surface area contributed by atoms with Crippen molar-refractivity contribution in [2.75, 3.05) is 6.61 Å². The van der Waals surface area contributed by atoms with E-state index in [0.29, 0.717) is 18.6 Å². The van der Waals surface area contributed by atoms with Gasteiger partial charge in [-0.2, -0.15) is 0 Å². The number of non-ortho nitro benzene ring substituents is 1. The van der Waals surface area contributed by atoms with E-state index in [2.05, 4.69) is 0 Å². The highest BCUT2D eigenvalue weighted by molar-refractivity contribution is 5.98. The molecule has 1 saturated heterocycles. The smallest absolute Gasteiger partial charge is 0.269 e. The van der Waals surface area contributed by atoms with Gasteiger partial charge < -0.3 is 4.74 Å². The summed E-state index contributed by atoms with van der Waals surface area (Å²) in [6.45, 7) is 0.519. The Bertz CT molecular complexity index is 682. The fourth-order valence-electron chi connectivity index (χ4n) is 2.79. The maximum atomic E-state index is 12.6. The zero-order valence-corrected chi connectivity index (χ0v) is 11.8. The molecule has 0 bridgehead atoms. The highest BCUT2D eigenvalue weighted by atomic mass is 16.6. The van der Waals surface area contributed by atoms with Crippen molar-refractivity contribution in [3.05, 3.63) is 75.8 Å². The second-order valence-corrected chi connectivity index (χ2v) is 5.27. The Balaban J connectivity index is 1.84. The van der Waals surface area contributed by atoms with Crippen LogP contribution < -0.4 is 0 Å². The average molecular weight is 297 g/mol. The first-order valence-electron chi connectivity index (χ1n) is 7.12. The second-order valence-electron chi connectivity index (χ2n) is 5.27. The van der Waals surface area contributed by atoms with Gasteiger partial charge in [-0.1, -0.05) is 30.3 Å². The Morgan fingerprint density at radius 1 is 1.09 bits per heavy atom. The Morgan fingerprint density at radius 3 is 2.41 bits per heavy atom. The third-order valence-corrected chi connectivity index (χ3v) is 3.92. The van der Waals surface area contributed by atoms with Crippen molar-refractivity contribution in [1.82, 2.24) is 0 Å². The molecule has 112 valence electrons. The minimum absolute atomic E-state index is 0.0349. The van der Waals surface area contributed by atoms with Crippen molar-refractivity contribution in [3.8, 4) is 0 Å². The largest absolute Gasteiger partial charge is 0.373 e. The molecule has 22 heavy (non-hydrogen) atoms. The summed E-state index contributed by atoms with van der Waals surface area (Å²) in [6, 6.07) is 15.4. The lowest BCUT2D eigenvalue weighted by Crippen LogP contribution is -2.18. The first-order chi connectivity index (χ1) is 10.7. The molecule has 5 nitrogen and oxygen atoms in total. The Kier molecular flexibility index (Phi) is 3.98. The minimum atomic E-state index is -0.439. The van der Waals surface area contributed by atoms with Gasteiger partial charge in [-0.3, -0.25) is 14.9 Å². The molecular weight excluding hydrogens is 282 g/mol. The topological polar surface area (TPSA) is 69.4 Å². The number of nitrogens with zero attached hydrogens (tertiary/aromatic N) is 1. The SMILES string of the molecule is O=C(c1ccccc1)[C@H]1CCO[C@H]1c1ccc([N+](=O)[O-])cc1. The van der Waals surface area contributed by atoms with Gasteiger partial charge in [-0.25, -0.2) is 0 Å². The van der Waals surface area contributed by atoms with Crippen molar-refractivity contribution in [1.29, 1.82) is 0 Å². The van der Waals surface area contributed by atoms with E-state index in [-0.39, 0.29) is 23.5 Å². The van der Waals surface area contributed by atoms with Crippen molar-refractivity contribution in [3.63, 3.8) is 0 Å².